The number of hydrogen-bond donors (Lipinski definition) is 3. The van der Waals surface area contributed by atoms with Crippen LogP contribution in [0.4, 0.5) is 11.5 Å². The molecule has 1 rings (SSSR count). The number of aromatic amines is 1. The number of nitrogen functional groups attached to an aromatic ring is 1. The first-order chi connectivity index (χ1) is 6.97. The summed E-state index contributed by atoms with van der Waals surface area (Å²) in [5, 5.41) is 2.27. The first-order valence-electron chi connectivity index (χ1n) is 3.93. The highest BCUT2D eigenvalue weighted by Crippen LogP contribution is 2.10. The number of anilines is 2. The van der Waals surface area contributed by atoms with E-state index in [2.05, 4.69) is 10.3 Å². The minimum absolute atomic E-state index is 0.0478. The number of nitrogens with two attached hydrogens (primary N) is 1. The zero-order chi connectivity index (χ0) is 11.6. The van der Waals surface area contributed by atoms with E-state index in [9.17, 15) is 14.4 Å². The number of aromatic nitrogens is 2. The van der Waals surface area contributed by atoms with E-state index in [1.807, 2.05) is 22.6 Å². The number of halogens is 1. The van der Waals surface area contributed by atoms with Crippen molar-refractivity contribution in [3.05, 3.63) is 20.8 Å². The molecule has 0 atom stereocenters. The molecule has 82 valence electrons. The van der Waals surface area contributed by atoms with Crippen LogP contribution < -0.4 is 22.3 Å². The third-order valence-electron chi connectivity index (χ3n) is 1.66. The fraction of sp³-hybridized carbons (Fsp3) is 0.286. The van der Waals surface area contributed by atoms with Crippen molar-refractivity contribution >= 4 is 40.0 Å². The van der Waals surface area contributed by atoms with Crippen LogP contribution in [0.2, 0.25) is 0 Å². The van der Waals surface area contributed by atoms with Crippen LogP contribution in [-0.4, -0.2) is 15.5 Å². The van der Waals surface area contributed by atoms with Gasteiger partial charge in [-0.25, -0.2) is 4.79 Å². The molecule has 1 aromatic rings. The zero-order valence-electron chi connectivity index (χ0n) is 7.83. The second kappa shape index (κ2) is 4.47. The molecule has 0 aliphatic heterocycles. The van der Waals surface area contributed by atoms with Gasteiger partial charge in [0.15, 0.2) is 0 Å². The first kappa shape index (κ1) is 11.8. The number of nitrogens with one attached hydrogen (secondary N) is 2. The van der Waals surface area contributed by atoms with Crippen molar-refractivity contribution < 1.29 is 4.79 Å². The van der Waals surface area contributed by atoms with Gasteiger partial charge in [-0.05, 0) is 0 Å². The Labute approximate surface area is 97.8 Å². The highest BCUT2D eigenvalue weighted by atomic mass is 127. The summed E-state index contributed by atoms with van der Waals surface area (Å²) in [6, 6.07) is 0. The van der Waals surface area contributed by atoms with Gasteiger partial charge in [0.25, 0.3) is 5.56 Å². The summed E-state index contributed by atoms with van der Waals surface area (Å²) in [7, 11) is 0. The molecule has 0 spiro atoms. The maximum Gasteiger partial charge on any atom is 0.330 e. The summed E-state index contributed by atoms with van der Waals surface area (Å²) in [4.78, 5) is 35.4. The van der Waals surface area contributed by atoms with Crippen LogP contribution in [0, 0.1) is 0 Å². The second-order valence-electron chi connectivity index (χ2n) is 2.75. The lowest BCUT2D eigenvalue weighted by atomic mass is 10.4. The predicted octanol–water partition coefficient (Wildman–Crippen LogP) is -0.530. The molecule has 0 radical (unpaired) electrons. The molecule has 1 amide bonds. The average molecular weight is 324 g/mol. The van der Waals surface area contributed by atoms with Gasteiger partial charge in [-0.3, -0.25) is 19.1 Å². The van der Waals surface area contributed by atoms with E-state index < -0.39 is 17.2 Å². The van der Waals surface area contributed by atoms with Crippen molar-refractivity contribution in [3.63, 3.8) is 0 Å². The summed E-state index contributed by atoms with van der Waals surface area (Å²) in [5.41, 5.74) is 4.17. The Morgan fingerprint density at radius 1 is 1.60 bits per heavy atom. The van der Waals surface area contributed by atoms with E-state index in [1.165, 1.54) is 6.92 Å². The van der Waals surface area contributed by atoms with Crippen LogP contribution in [0.25, 0.3) is 0 Å². The number of alkyl halides is 1. The highest BCUT2D eigenvalue weighted by Gasteiger charge is 2.11. The van der Waals surface area contributed by atoms with E-state index in [0.29, 0.717) is 0 Å². The lowest BCUT2D eigenvalue weighted by Crippen LogP contribution is -2.33. The molecule has 1 aromatic heterocycles. The largest absolute Gasteiger partial charge is 0.383 e. The summed E-state index contributed by atoms with van der Waals surface area (Å²) < 4.78 is 1.43. The van der Waals surface area contributed by atoms with E-state index in [-0.39, 0.29) is 16.1 Å². The Morgan fingerprint density at radius 3 is 2.67 bits per heavy atom. The van der Waals surface area contributed by atoms with E-state index in [1.54, 1.807) is 0 Å². The molecular weight excluding hydrogens is 315 g/mol. The number of carbonyl (C=O) groups is 1. The summed E-state index contributed by atoms with van der Waals surface area (Å²) in [6.07, 6.45) is 0. The van der Waals surface area contributed by atoms with Gasteiger partial charge in [0, 0.05) is 6.92 Å². The maximum absolute atomic E-state index is 11.3. The Bertz CT molecular complexity index is 504. The van der Waals surface area contributed by atoms with Crippen LogP contribution in [0.15, 0.2) is 9.59 Å². The van der Waals surface area contributed by atoms with Gasteiger partial charge in [0.2, 0.25) is 5.91 Å². The highest BCUT2D eigenvalue weighted by molar-refractivity contribution is 14.1. The molecule has 0 aromatic carbocycles. The molecule has 0 aliphatic carbocycles. The van der Waals surface area contributed by atoms with Gasteiger partial charge in [-0.15, -0.1) is 0 Å². The van der Waals surface area contributed by atoms with Gasteiger partial charge < -0.3 is 11.1 Å². The third-order valence-corrected chi connectivity index (χ3v) is 2.34. The fourth-order valence-corrected chi connectivity index (χ4v) is 1.68. The smallest absolute Gasteiger partial charge is 0.330 e. The van der Waals surface area contributed by atoms with Crippen molar-refractivity contribution in [2.75, 3.05) is 11.1 Å². The fourth-order valence-electron chi connectivity index (χ4n) is 1.00. The molecule has 1 heterocycles. The van der Waals surface area contributed by atoms with Crippen molar-refractivity contribution in [1.29, 1.82) is 0 Å². The number of nitrogens with zero attached hydrogens (tertiary/aromatic N) is 1. The minimum atomic E-state index is -0.700. The molecule has 0 saturated heterocycles. The second-order valence-corrected chi connectivity index (χ2v) is 3.43. The van der Waals surface area contributed by atoms with E-state index in [0.717, 1.165) is 4.57 Å². The predicted molar refractivity (Wildman–Crippen MR) is 64.1 cm³/mol. The number of H-pyrrole nitrogens is 1. The molecule has 0 saturated carbocycles. The minimum Gasteiger partial charge on any atom is -0.383 e. The van der Waals surface area contributed by atoms with Crippen molar-refractivity contribution in [2.24, 2.45) is 0 Å². The Morgan fingerprint density at radius 2 is 2.20 bits per heavy atom. The SMILES string of the molecule is CC(=O)Nc1c(N)n(CI)c(=O)[nH]c1=O. The van der Waals surface area contributed by atoms with Crippen LogP contribution >= 0.6 is 22.6 Å². The average Bonchev–Trinajstić information content (AvgIpc) is 2.12. The number of rotatable bonds is 2. The van der Waals surface area contributed by atoms with Gasteiger partial charge in [-0.2, -0.15) is 0 Å². The lowest BCUT2D eigenvalue weighted by Gasteiger charge is -2.09. The standard InChI is InChI=1S/C7H9IN4O3/c1-3(13)10-4-5(9)12(2-8)7(15)11-6(4)14/h2,9H2,1H3,(H,10,13)(H,11,14,15). The topological polar surface area (TPSA) is 110 Å². The Balaban J connectivity index is 3.46. The van der Waals surface area contributed by atoms with Gasteiger partial charge >= 0.3 is 5.69 Å². The third kappa shape index (κ3) is 2.37. The maximum atomic E-state index is 11.3. The van der Waals surface area contributed by atoms with Crippen molar-refractivity contribution in [1.82, 2.24) is 9.55 Å². The molecule has 0 aliphatic rings. The monoisotopic (exact) mass is 324 g/mol. The summed E-state index contributed by atoms with van der Waals surface area (Å²) in [6.45, 7) is 1.25. The first-order valence-corrected chi connectivity index (χ1v) is 5.46. The Hall–Kier alpha value is -1.32. The number of carbonyl (C=O) groups excluding carboxylic acids is 1. The molecule has 0 unspecified atom stereocenters. The van der Waals surface area contributed by atoms with Gasteiger partial charge in [0.1, 0.15) is 11.5 Å². The van der Waals surface area contributed by atoms with Crippen LogP contribution in [0.5, 0.6) is 0 Å². The summed E-state index contributed by atoms with van der Waals surface area (Å²) in [5.74, 6) is -0.473. The quantitative estimate of drug-likeness (QED) is 0.502. The number of amides is 1. The molecule has 0 fully saturated rings. The van der Waals surface area contributed by atoms with E-state index in [4.69, 9.17) is 5.73 Å². The summed E-state index contributed by atoms with van der Waals surface area (Å²) >= 11 is 1.91. The van der Waals surface area contributed by atoms with Gasteiger partial charge in [0.05, 0.1) is 4.55 Å². The normalized spacial score (nSPS) is 10.0. The molecule has 15 heavy (non-hydrogen) atoms. The zero-order valence-corrected chi connectivity index (χ0v) is 9.99. The molecule has 0 bridgehead atoms. The van der Waals surface area contributed by atoms with Crippen LogP contribution in [-0.2, 0) is 9.35 Å². The van der Waals surface area contributed by atoms with Crippen LogP contribution in [0.3, 0.4) is 0 Å². The van der Waals surface area contributed by atoms with Crippen molar-refractivity contribution in [2.45, 2.75) is 11.5 Å². The van der Waals surface area contributed by atoms with Crippen LogP contribution in [0.1, 0.15) is 6.92 Å². The van der Waals surface area contributed by atoms with E-state index >= 15 is 0 Å². The lowest BCUT2D eigenvalue weighted by molar-refractivity contribution is -0.114. The van der Waals surface area contributed by atoms with Crippen molar-refractivity contribution in [3.8, 4) is 0 Å². The number of hydrogen-bond acceptors (Lipinski definition) is 4. The Kier molecular flexibility index (Phi) is 3.50. The molecule has 4 N–H and O–H groups in total. The molecule has 8 heteroatoms. The molecular formula is C7H9IN4O3. The molecule has 7 nitrogen and oxygen atoms in total. The van der Waals surface area contributed by atoms with Gasteiger partial charge in [-0.1, -0.05) is 22.6 Å².